The van der Waals surface area contributed by atoms with Crippen LogP contribution in [0.5, 0.6) is 0 Å². The van der Waals surface area contributed by atoms with Crippen molar-refractivity contribution in [2.45, 2.75) is 17.6 Å². The van der Waals surface area contributed by atoms with Gasteiger partial charge in [-0.05, 0) is 36.8 Å². The largest absolute Gasteiger partial charge is 0.354 e. The standard InChI is InChI=1S/C17H12FNOS/c1-9-6-11-15(7-13(9)18)21-8-12-16(11)19-14-5-3-2-4-10(14)17(12)20/h2-7H,8H2,1H3,(H,19,20). The quantitative estimate of drug-likeness (QED) is 0.673. The van der Waals surface area contributed by atoms with E-state index in [0.29, 0.717) is 16.7 Å². The molecule has 0 radical (unpaired) electrons. The molecule has 0 bridgehead atoms. The lowest BCUT2D eigenvalue weighted by Gasteiger charge is -2.20. The lowest BCUT2D eigenvalue weighted by Crippen LogP contribution is -2.14. The van der Waals surface area contributed by atoms with Gasteiger partial charge in [0.2, 0.25) is 0 Å². The second-order valence-corrected chi connectivity index (χ2v) is 6.26. The summed E-state index contributed by atoms with van der Waals surface area (Å²) in [5, 5.41) is 0.708. The fourth-order valence-corrected chi connectivity index (χ4v) is 3.85. The molecule has 0 amide bonds. The molecule has 0 unspecified atom stereocenters. The average molecular weight is 297 g/mol. The Morgan fingerprint density at radius 2 is 2.05 bits per heavy atom. The van der Waals surface area contributed by atoms with Crippen molar-refractivity contribution < 1.29 is 4.39 Å². The van der Waals surface area contributed by atoms with Gasteiger partial charge in [0.05, 0.1) is 5.69 Å². The van der Waals surface area contributed by atoms with Crippen molar-refractivity contribution in [1.82, 2.24) is 4.98 Å². The molecule has 4 heteroatoms. The van der Waals surface area contributed by atoms with E-state index in [1.54, 1.807) is 13.0 Å². The monoisotopic (exact) mass is 297 g/mol. The number of benzene rings is 2. The lowest BCUT2D eigenvalue weighted by atomic mass is 10.0. The molecule has 21 heavy (non-hydrogen) atoms. The number of halogens is 1. The van der Waals surface area contributed by atoms with Gasteiger partial charge in [0.15, 0.2) is 5.43 Å². The van der Waals surface area contributed by atoms with Crippen LogP contribution >= 0.6 is 11.8 Å². The number of pyridine rings is 1. The van der Waals surface area contributed by atoms with Crippen LogP contribution in [0, 0.1) is 12.7 Å². The second kappa shape index (κ2) is 4.46. The van der Waals surface area contributed by atoms with Crippen molar-refractivity contribution in [1.29, 1.82) is 0 Å². The zero-order valence-electron chi connectivity index (χ0n) is 11.4. The molecule has 104 valence electrons. The summed E-state index contributed by atoms with van der Waals surface area (Å²) in [7, 11) is 0. The number of H-pyrrole nitrogens is 1. The topological polar surface area (TPSA) is 32.9 Å². The number of thioether (sulfide) groups is 1. The molecule has 1 aliphatic rings. The van der Waals surface area contributed by atoms with Crippen LogP contribution in [0.3, 0.4) is 0 Å². The number of aromatic nitrogens is 1. The number of nitrogens with one attached hydrogen (secondary N) is 1. The van der Waals surface area contributed by atoms with E-state index in [1.165, 1.54) is 11.8 Å². The van der Waals surface area contributed by atoms with Crippen molar-refractivity contribution >= 4 is 22.7 Å². The fraction of sp³-hybridized carbons (Fsp3) is 0.118. The van der Waals surface area contributed by atoms with E-state index in [1.807, 2.05) is 30.3 Å². The summed E-state index contributed by atoms with van der Waals surface area (Å²) < 4.78 is 13.7. The Bertz CT molecular complexity index is 945. The summed E-state index contributed by atoms with van der Waals surface area (Å²) in [5.74, 6) is 0.373. The third kappa shape index (κ3) is 1.83. The molecule has 1 aliphatic heterocycles. The van der Waals surface area contributed by atoms with E-state index >= 15 is 0 Å². The van der Waals surface area contributed by atoms with Crippen LogP contribution in [0.2, 0.25) is 0 Å². The highest BCUT2D eigenvalue weighted by molar-refractivity contribution is 7.98. The first-order valence-electron chi connectivity index (χ1n) is 6.72. The second-order valence-electron chi connectivity index (χ2n) is 5.24. The summed E-state index contributed by atoms with van der Waals surface area (Å²) in [6, 6.07) is 10.9. The third-order valence-electron chi connectivity index (χ3n) is 3.91. The predicted octanol–water partition coefficient (Wildman–Crippen LogP) is 4.25. The Kier molecular flexibility index (Phi) is 2.69. The third-order valence-corrected chi connectivity index (χ3v) is 4.99. The maximum absolute atomic E-state index is 13.7. The van der Waals surface area contributed by atoms with Gasteiger partial charge in [0, 0.05) is 32.7 Å². The summed E-state index contributed by atoms with van der Waals surface area (Å²) >= 11 is 1.52. The Morgan fingerprint density at radius 1 is 1.24 bits per heavy atom. The first kappa shape index (κ1) is 12.7. The van der Waals surface area contributed by atoms with E-state index in [9.17, 15) is 9.18 Å². The number of aromatic amines is 1. The molecule has 2 nitrogen and oxygen atoms in total. The van der Waals surface area contributed by atoms with Crippen molar-refractivity contribution in [3.8, 4) is 11.3 Å². The van der Waals surface area contributed by atoms with Gasteiger partial charge in [-0.25, -0.2) is 4.39 Å². The molecule has 2 heterocycles. The van der Waals surface area contributed by atoms with Gasteiger partial charge < -0.3 is 4.98 Å². The molecule has 1 N–H and O–H groups in total. The van der Waals surface area contributed by atoms with Crippen LogP contribution in [-0.2, 0) is 5.75 Å². The molecular weight excluding hydrogens is 285 g/mol. The Morgan fingerprint density at radius 3 is 2.90 bits per heavy atom. The van der Waals surface area contributed by atoms with Crippen LogP contribution in [0.4, 0.5) is 4.39 Å². The molecule has 0 atom stereocenters. The lowest BCUT2D eigenvalue weighted by molar-refractivity contribution is 0.615. The van der Waals surface area contributed by atoms with Crippen molar-refractivity contribution in [3.63, 3.8) is 0 Å². The highest BCUT2D eigenvalue weighted by Crippen LogP contribution is 2.40. The summed E-state index contributed by atoms with van der Waals surface area (Å²) in [6.07, 6.45) is 0. The molecule has 0 saturated heterocycles. The Labute approximate surface area is 125 Å². The summed E-state index contributed by atoms with van der Waals surface area (Å²) in [4.78, 5) is 16.9. The van der Waals surface area contributed by atoms with Gasteiger partial charge in [-0.15, -0.1) is 11.8 Å². The predicted molar refractivity (Wildman–Crippen MR) is 84.3 cm³/mol. The van der Waals surface area contributed by atoms with Crippen molar-refractivity contribution in [2.24, 2.45) is 0 Å². The zero-order valence-corrected chi connectivity index (χ0v) is 12.2. The van der Waals surface area contributed by atoms with E-state index < -0.39 is 0 Å². The van der Waals surface area contributed by atoms with Gasteiger partial charge >= 0.3 is 0 Å². The number of hydrogen-bond donors (Lipinski definition) is 1. The van der Waals surface area contributed by atoms with Gasteiger partial charge in [-0.1, -0.05) is 12.1 Å². The van der Waals surface area contributed by atoms with Crippen LogP contribution in [0.1, 0.15) is 11.1 Å². The highest BCUT2D eigenvalue weighted by Gasteiger charge is 2.22. The molecule has 3 aromatic rings. The fourth-order valence-electron chi connectivity index (χ4n) is 2.77. The van der Waals surface area contributed by atoms with Crippen LogP contribution in [0.25, 0.3) is 22.2 Å². The molecule has 0 spiro atoms. The first-order valence-corrected chi connectivity index (χ1v) is 7.71. The molecule has 2 aromatic carbocycles. The van der Waals surface area contributed by atoms with E-state index in [-0.39, 0.29) is 11.2 Å². The van der Waals surface area contributed by atoms with Gasteiger partial charge in [-0.3, -0.25) is 4.79 Å². The first-order chi connectivity index (χ1) is 10.1. The normalized spacial score (nSPS) is 13.0. The molecular formula is C17H12FNOS. The van der Waals surface area contributed by atoms with E-state index in [2.05, 4.69) is 4.98 Å². The minimum absolute atomic E-state index is 0.0690. The highest BCUT2D eigenvalue weighted by atomic mass is 32.2. The van der Waals surface area contributed by atoms with Crippen molar-refractivity contribution in [3.05, 3.63) is 63.6 Å². The maximum atomic E-state index is 13.7. The Balaban J connectivity index is 2.11. The summed E-state index contributed by atoms with van der Waals surface area (Å²) in [6.45, 7) is 1.74. The molecule has 0 fully saturated rings. The van der Waals surface area contributed by atoms with Crippen LogP contribution < -0.4 is 5.43 Å². The minimum Gasteiger partial charge on any atom is -0.354 e. The summed E-state index contributed by atoms with van der Waals surface area (Å²) in [5.41, 5.74) is 4.01. The van der Waals surface area contributed by atoms with Gasteiger partial charge in [0.1, 0.15) is 5.82 Å². The van der Waals surface area contributed by atoms with Gasteiger partial charge in [-0.2, -0.15) is 0 Å². The van der Waals surface area contributed by atoms with Crippen LogP contribution in [0.15, 0.2) is 46.1 Å². The zero-order chi connectivity index (χ0) is 14.6. The minimum atomic E-state index is -0.201. The number of rotatable bonds is 0. The SMILES string of the molecule is Cc1cc2c(cc1F)SCc1c-2[nH]c2ccccc2c1=O. The average Bonchev–Trinajstić information content (AvgIpc) is 2.49. The maximum Gasteiger partial charge on any atom is 0.194 e. The van der Waals surface area contributed by atoms with Gasteiger partial charge in [0.25, 0.3) is 0 Å². The number of para-hydroxylation sites is 1. The smallest absolute Gasteiger partial charge is 0.194 e. The Hall–Kier alpha value is -2.07. The van der Waals surface area contributed by atoms with E-state index in [0.717, 1.165) is 27.2 Å². The molecule has 0 saturated carbocycles. The number of hydrogen-bond acceptors (Lipinski definition) is 2. The van der Waals surface area contributed by atoms with Crippen LogP contribution in [-0.4, -0.2) is 4.98 Å². The molecule has 4 rings (SSSR count). The number of fused-ring (bicyclic) bond motifs is 4. The van der Waals surface area contributed by atoms with E-state index in [4.69, 9.17) is 0 Å². The number of aryl methyl sites for hydroxylation is 1. The molecule has 1 aromatic heterocycles. The van der Waals surface area contributed by atoms with Crippen molar-refractivity contribution in [2.75, 3.05) is 0 Å². The molecule has 0 aliphatic carbocycles.